The van der Waals surface area contributed by atoms with Crippen LogP contribution in [0.15, 0.2) is 79.3 Å². The van der Waals surface area contributed by atoms with Crippen LogP contribution in [-0.4, -0.2) is 27.4 Å². The van der Waals surface area contributed by atoms with E-state index in [1.54, 1.807) is 24.7 Å². The van der Waals surface area contributed by atoms with E-state index in [1.807, 2.05) is 42.5 Å². The molecule has 0 aliphatic heterocycles. The molecule has 1 amide bonds. The second kappa shape index (κ2) is 10.0. The van der Waals surface area contributed by atoms with E-state index in [0.717, 1.165) is 34.5 Å². The third-order valence-electron chi connectivity index (χ3n) is 5.82. The van der Waals surface area contributed by atoms with Crippen LogP contribution in [0.2, 0.25) is 0 Å². The predicted octanol–water partition coefficient (Wildman–Crippen LogP) is 4.43. The van der Waals surface area contributed by atoms with Gasteiger partial charge in [-0.3, -0.25) is 14.8 Å². The molecule has 6 nitrogen and oxygen atoms in total. The van der Waals surface area contributed by atoms with Gasteiger partial charge in [0.2, 0.25) is 5.91 Å². The molecule has 166 valence electrons. The lowest BCUT2D eigenvalue weighted by atomic mass is 9.91. The largest absolute Gasteiger partial charge is 0.369 e. The Morgan fingerprint density at radius 3 is 2.61 bits per heavy atom. The number of benzene rings is 1. The summed E-state index contributed by atoms with van der Waals surface area (Å²) in [5.41, 5.74) is 12.6. The van der Waals surface area contributed by atoms with Gasteiger partial charge in [-0.2, -0.15) is 0 Å². The minimum Gasteiger partial charge on any atom is -0.369 e. The minimum atomic E-state index is -0.656. The number of carbonyl (C=O) groups excluding carboxylic acids is 1. The van der Waals surface area contributed by atoms with E-state index < -0.39 is 11.8 Å². The van der Waals surface area contributed by atoms with Crippen LogP contribution in [0.3, 0.4) is 0 Å². The quantitative estimate of drug-likeness (QED) is 0.425. The lowest BCUT2D eigenvalue weighted by Gasteiger charge is -2.20. The second-order valence-electron chi connectivity index (χ2n) is 8.00. The van der Waals surface area contributed by atoms with Crippen molar-refractivity contribution in [3.63, 3.8) is 0 Å². The van der Waals surface area contributed by atoms with Gasteiger partial charge in [-0.25, -0.2) is 4.98 Å². The number of primary amides is 1. The van der Waals surface area contributed by atoms with Gasteiger partial charge in [0.15, 0.2) is 0 Å². The third kappa shape index (κ3) is 5.06. The Bertz CT molecular complexity index is 1240. The van der Waals surface area contributed by atoms with Gasteiger partial charge < -0.3 is 11.1 Å². The molecule has 1 unspecified atom stereocenters. The summed E-state index contributed by atoms with van der Waals surface area (Å²) in [6, 6.07) is 19.6. The Morgan fingerprint density at radius 1 is 1.00 bits per heavy atom. The third-order valence-corrected chi connectivity index (χ3v) is 5.82. The molecule has 1 aromatic carbocycles. The number of hydrogen-bond acceptors (Lipinski definition) is 5. The van der Waals surface area contributed by atoms with Crippen LogP contribution in [0.5, 0.6) is 0 Å². The van der Waals surface area contributed by atoms with E-state index in [0.29, 0.717) is 12.4 Å². The first-order valence-electron chi connectivity index (χ1n) is 10.9. The van der Waals surface area contributed by atoms with Gasteiger partial charge in [0.05, 0.1) is 11.6 Å². The van der Waals surface area contributed by atoms with E-state index in [4.69, 9.17) is 10.7 Å². The van der Waals surface area contributed by atoms with Crippen LogP contribution in [0.25, 0.3) is 11.3 Å². The molecule has 0 bridgehead atoms. The molecule has 33 heavy (non-hydrogen) atoms. The molecule has 4 rings (SSSR count). The summed E-state index contributed by atoms with van der Waals surface area (Å²) in [6.07, 6.45) is 5.86. The Labute approximate surface area is 194 Å². The Hall–Kier alpha value is -4.06. The van der Waals surface area contributed by atoms with Crippen molar-refractivity contribution in [1.82, 2.24) is 15.0 Å². The number of carbonyl (C=O) groups is 1. The maximum atomic E-state index is 12.5. The van der Waals surface area contributed by atoms with Crippen molar-refractivity contribution in [2.45, 2.75) is 26.2 Å². The monoisotopic (exact) mass is 437 g/mol. The van der Waals surface area contributed by atoms with Gasteiger partial charge >= 0.3 is 0 Å². The number of anilines is 1. The van der Waals surface area contributed by atoms with Crippen LogP contribution < -0.4 is 11.1 Å². The van der Waals surface area contributed by atoms with Crippen molar-refractivity contribution in [1.29, 1.82) is 0 Å². The number of amides is 1. The van der Waals surface area contributed by atoms with Gasteiger partial charge in [-0.05, 0) is 54.8 Å². The Balaban J connectivity index is 1.74. The molecular formula is C27H27N5O. The fourth-order valence-electron chi connectivity index (χ4n) is 3.92. The van der Waals surface area contributed by atoms with Crippen LogP contribution in [0, 0.1) is 13.8 Å². The molecule has 0 radical (unpaired) electrons. The van der Waals surface area contributed by atoms with Crippen molar-refractivity contribution >= 4 is 11.7 Å². The van der Waals surface area contributed by atoms with Crippen molar-refractivity contribution in [2.24, 2.45) is 5.73 Å². The van der Waals surface area contributed by atoms with Crippen LogP contribution in [-0.2, 0) is 11.2 Å². The zero-order valence-corrected chi connectivity index (χ0v) is 18.8. The first kappa shape index (κ1) is 22.1. The summed E-state index contributed by atoms with van der Waals surface area (Å²) in [4.78, 5) is 26.0. The van der Waals surface area contributed by atoms with Crippen molar-refractivity contribution < 1.29 is 4.79 Å². The summed E-state index contributed by atoms with van der Waals surface area (Å²) in [5, 5.41) is 3.43. The maximum Gasteiger partial charge on any atom is 0.229 e. The van der Waals surface area contributed by atoms with Gasteiger partial charge in [-0.15, -0.1) is 0 Å². The van der Waals surface area contributed by atoms with Crippen LogP contribution >= 0.6 is 0 Å². The Kier molecular flexibility index (Phi) is 6.74. The van der Waals surface area contributed by atoms with Crippen molar-refractivity contribution in [3.05, 3.63) is 107 Å². The zero-order valence-electron chi connectivity index (χ0n) is 18.8. The highest BCUT2D eigenvalue weighted by Gasteiger charge is 2.25. The van der Waals surface area contributed by atoms with E-state index in [-0.39, 0.29) is 0 Å². The molecule has 0 aliphatic rings. The molecule has 3 N–H and O–H groups in total. The number of nitrogens with one attached hydrogen (secondary N) is 1. The summed E-state index contributed by atoms with van der Waals surface area (Å²) in [6.45, 7) is 4.80. The smallest absolute Gasteiger partial charge is 0.229 e. The molecule has 3 aromatic heterocycles. The fraction of sp³-hybridized carbons (Fsp3) is 0.185. The number of hydrogen-bond donors (Lipinski definition) is 2. The number of aryl methyl sites for hydroxylation is 1. The standard InChI is InChI=1S/C27H27N5O/c1-18-7-5-10-22(19(18)2)24-12-11-23(25(26(28)33)20-8-6-14-29-17-20)27(32-24)31-16-13-21-9-3-4-15-30-21/h3-12,14-15,17,25H,13,16H2,1-2H3,(H2,28,33)(H,31,32). The Morgan fingerprint density at radius 2 is 1.88 bits per heavy atom. The number of aromatic nitrogens is 3. The van der Waals surface area contributed by atoms with E-state index in [9.17, 15) is 4.79 Å². The fourth-order valence-corrected chi connectivity index (χ4v) is 3.92. The first-order valence-corrected chi connectivity index (χ1v) is 10.9. The van der Waals surface area contributed by atoms with Crippen molar-refractivity contribution in [3.8, 4) is 11.3 Å². The van der Waals surface area contributed by atoms with Gasteiger partial charge in [0.1, 0.15) is 5.82 Å². The normalized spacial score (nSPS) is 11.7. The first-order chi connectivity index (χ1) is 16.0. The number of nitrogens with two attached hydrogens (primary N) is 1. The molecule has 0 aliphatic carbocycles. The van der Waals surface area contributed by atoms with Gasteiger partial charge in [0.25, 0.3) is 0 Å². The van der Waals surface area contributed by atoms with Crippen molar-refractivity contribution in [2.75, 3.05) is 11.9 Å². The second-order valence-corrected chi connectivity index (χ2v) is 8.00. The molecule has 4 aromatic rings. The lowest BCUT2D eigenvalue weighted by molar-refractivity contribution is -0.118. The van der Waals surface area contributed by atoms with E-state index in [1.165, 1.54) is 11.1 Å². The average Bonchev–Trinajstić information content (AvgIpc) is 2.83. The molecule has 1 atom stereocenters. The molecule has 0 fully saturated rings. The minimum absolute atomic E-state index is 0.447. The highest BCUT2D eigenvalue weighted by Crippen LogP contribution is 2.32. The lowest BCUT2D eigenvalue weighted by Crippen LogP contribution is -2.24. The SMILES string of the molecule is Cc1cccc(-c2ccc(C(C(N)=O)c3cccnc3)c(NCCc3ccccn3)n2)c1C. The number of rotatable bonds is 8. The van der Waals surface area contributed by atoms with Crippen LogP contribution in [0.4, 0.5) is 5.82 Å². The van der Waals surface area contributed by atoms with Gasteiger partial charge in [-0.1, -0.05) is 36.4 Å². The molecule has 0 saturated carbocycles. The zero-order chi connectivity index (χ0) is 23.2. The number of pyridine rings is 3. The molecular weight excluding hydrogens is 410 g/mol. The van der Waals surface area contributed by atoms with E-state index in [2.05, 4.69) is 41.3 Å². The summed E-state index contributed by atoms with van der Waals surface area (Å²) in [5.74, 6) is -0.467. The highest BCUT2D eigenvalue weighted by molar-refractivity contribution is 5.87. The summed E-state index contributed by atoms with van der Waals surface area (Å²) >= 11 is 0. The highest BCUT2D eigenvalue weighted by atomic mass is 16.1. The summed E-state index contributed by atoms with van der Waals surface area (Å²) in [7, 11) is 0. The number of nitrogens with zero attached hydrogens (tertiary/aromatic N) is 3. The van der Waals surface area contributed by atoms with E-state index >= 15 is 0 Å². The topological polar surface area (TPSA) is 93.8 Å². The molecule has 0 saturated heterocycles. The maximum absolute atomic E-state index is 12.5. The summed E-state index contributed by atoms with van der Waals surface area (Å²) < 4.78 is 0. The average molecular weight is 438 g/mol. The molecule has 6 heteroatoms. The van der Waals surface area contributed by atoms with Gasteiger partial charge in [0, 0.05) is 48.4 Å². The molecule has 3 heterocycles. The molecule has 0 spiro atoms. The van der Waals surface area contributed by atoms with Crippen LogP contribution in [0.1, 0.15) is 33.9 Å². The predicted molar refractivity (Wildman–Crippen MR) is 131 cm³/mol.